The number of methoxy groups -OCH3 is 1. The van der Waals surface area contributed by atoms with Crippen LogP contribution in [0.2, 0.25) is 0 Å². The minimum absolute atomic E-state index is 0.0878. The van der Waals surface area contributed by atoms with E-state index in [2.05, 4.69) is 0 Å². The van der Waals surface area contributed by atoms with E-state index in [0.717, 1.165) is 55.7 Å². The Morgan fingerprint density at radius 1 is 1.17 bits per heavy atom. The van der Waals surface area contributed by atoms with E-state index in [1.165, 1.54) is 11.3 Å². The van der Waals surface area contributed by atoms with Crippen molar-refractivity contribution in [2.45, 2.75) is 64.6 Å². The Morgan fingerprint density at radius 3 is 2.66 bits per heavy atom. The summed E-state index contributed by atoms with van der Waals surface area (Å²) >= 11 is 1.17. The number of amides is 1. The number of benzene rings is 1. The second kappa shape index (κ2) is 9.81. The molecule has 2 aromatic heterocycles. The van der Waals surface area contributed by atoms with Crippen LogP contribution in [0.15, 0.2) is 29.1 Å². The lowest BCUT2D eigenvalue weighted by Gasteiger charge is -2.22. The summed E-state index contributed by atoms with van der Waals surface area (Å²) in [7, 11) is 1.62. The van der Waals surface area contributed by atoms with Gasteiger partial charge in [-0.15, -0.1) is 11.3 Å². The molecule has 0 radical (unpaired) electrons. The molecule has 3 heterocycles. The molecule has 0 atom stereocenters. The average molecular weight is 496 g/mol. The van der Waals surface area contributed by atoms with E-state index in [1.807, 2.05) is 24.3 Å². The summed E-state index contributed by atoms with van der Waals surface area (Å²) < 4.78 is 12.4. The third-order valence-electron chi connectivity index (χ3n) is 6.74. The van der Waals surface area contributed by atoms with Crippen LogP contribution in [0.25, 0.3) is 10.2 Å². The Labute approximate surface area is 207 Å². The first kappa shape index (κ1) is 23.5. The first-order chi connectivity index (χ1) is 17.0. The van der Waals surface area contributed by atoms with Crippen molar-refractivity contribution in [1.29, 1.82) is 0 Å². The zero-order valence-corrected chi connectivity index (χ0v) is 20.9. The smallest absolute Gasteiger partial charge is 0.349 e. The molecule has 3 aromatic rings. The molecule has 1 aromatic carbocycles. The molecule has 0 unspecified atom stereocenters. The van der Waals surface area contributed by atoms with E-state index in [9.17, 15) is 14.4 Å². The fourth-order valence-electron chi connectivity index (χ4n) is 4.62. The predicted molar refractivity (Wildman–Crippen MR) is 133 cm³/mol. The van der Waals surface area contributed by atoms with Crippen molar-refractivity contribution >= 4 is 33.4 Å². The molecule has 0 spiro atoms. The summed E-state index contributed by atoms with van der Waals surface area (Å²) in [5.74, 6) is 0.741. The van der Waals surface area contributed by atoms with Crippen LogP contribution in [0.5, 0.6) is 5.75 Å². The Balaban J connectivity index is 1.30. The zero-order valence-electron chi connectivity index (χ0n) is 20.0. The van der Waals surface area contributed by atoms with Crippen LogP contribution >= 0.6 is 11.3 Å². The first-order valence-electron chi connectivity index (χ1n) is 12.1. The lowest BCUT2D eigenvalue weighted by Crippen LogP contribution is -2.36. The number of aromatic nitrogens is 2. The molecule has 1 aliphatic heterocycles. The number of rotatable bonds is 7. The van der Waals surface area contributed by atoms with Crippen LogP contribution in [0.3, 0.4) is 0 Å². The van der Waals surface area contributed by atoms with Crippen LogP contribution < -0.4 is 10.3 Å². The highest BCUT2D eigenvalue weighted by Gasteiger charge is 2.33. The van der Waals surface area contributed by atoms with Gasteiger partial charge in [0.1, 0.15) is 21.3 Å². The highest BCUT2D eigenvalue weighted by molar-refractivity contribution is 7.20. The van der Waals surface area contributed by atoms with Crippen molar-refractivity contribution in [1.82, 2.24) is 14.5 Å². The maximum absolute atomic E-state index is 13.1. The van der Waals surface area contributed by atoms with Gasteiger partial charge in [-0.2, -0.15) is 0 Å². The van der Waals surface area contributed by atoms with Crippen molar-refractivity contribution < 1.29 is 19.1 Å². The minimum atomic E-state index is -0.585. The third-order valence-corrected chi connectivity index (χ3v) is 7.91. The second-order valence-corrected chi connectivity index (χ2v) is 10.2. The lowest BCUT2D eigenvalue weighted by atomic mass is 10.2. The number of nitrogens with zero attached hydrogens (tertiary/aromatic N) is 3. The Hall–Kier alpha value is -3.20. The van der Waals surface area contributed by atoms with Gasteiger partial charge in [-0.05, 0) is 55.9 Å². The summed E-state index contributed by atoms with van der Waals surface area (Å²) in [5, 5.41) is 0.484. The number of hydrogen-bond acceptors (Lipinski definition) is 7. The molecule has 8 nitrogen and oxygen atoms in total. The molecule has 184 valence electrons. The van der Waals surface area contributed by atoms with E-state index < -0.39 is 5.97 Å². The Kier molecular flexibility index (Phi) is 6.60. The van der Waals surface area contributed by atoms with Gasteiger partial charge in [-0.3, -0.25) is 14.2 Å². The first-order valence-corrected chi connectivity index (χ1v) is 12.9. The summed E-state index contributed by atoms with van der Waals surface area (Å²) in [5.41, 5.74) is 1.48. The van der Waals surface area contributed by atoms with Gasteiger partial charge < -0.3 is 14.4 Å². The van der Waals surface area contributed by atoms with Gasteiger partial charge in [-0.1, -0.05) is 18.6 Å². The number of aryl methyl sites for hydroxylation is 2. The summed E-state index contributed by atoms with van der Waals surface area (Å²) in [6.45, 7) is 2.54. The van der Waals surface area contributed by atoms with E-state index in [4.69, 9.17) is 14.5 Å². The monoisotopic (exact) mass is 495 g/mol. The quantitative estimate of drug-likeness (QED) is 0.463. The molecule has 0 bridgehead atoms. The van der Waals surface area contributed by atoms with E-state index >= 15 is 0 Å². The maximum atomic E-state index is 13.1. The molecule has 35 heavy (non-hydrogen) atoms. The lowest BCUT2D eigenvalue weighted by molar-refractivity contribution is -0.135. The Morgan fingerprint density at radius 2 is 1.94 bits per heavy atom. The molecule has 0 saturated heterocycles. The number of carbonyl (C=O) groups excluding carboxylic acids is 2. The largest absolute Gasteiger partial charge is 0.497 e. The maximum Gasteiger partial charge on any atom is 0.349 e. The van der Waals surface area contributed by atoms with Crippen LogP contribution in [0.1, 0.15) is 58.7 Å². The molecule has 1 fully saturated rings. The summed E-state index contributed by atoms with van der Waals surface area (Å²) in [4.78, 5) is 46.4. The number of carbonyl (C=O) groups is 2. The van der Waals surface area contributed by atoms with E-state index in [-0.39, 0.29) is 24.1 Å². The van der Waals surface area contributed by atoms with Gasteiger partial charge >= 0.3 is 5.97 Å². The van der Waals surface area contributed by atoms with Gasteiger partial charge in [0, 0.05) is 25.6 Å². The van der Waals surface area contributed by atoms with Crippen LogP contribution in [-0.4, -0.2) is 46.1 Å². The fraction of sp³-hybridized carbons (Fsp3) is 0.462. The Bertz CT molecular complexity index is 1320. The van der Waals surface area contributed by atoms with Gasteiger partial charge in [0.05, 0.1) is 12.5 Å². The average Bonchev–Trinajstić information content (AvgIpc) is 3.68. The fourth-order valence-corrected chi connectivity index (χ4v) is 5.70. The number of thiophene rings is 1. The standard InChI is InChI=1S/C26H29N3O5S/c1-16-22-24(27-20-6-4-3-5-13-28(20)25(22)31)35-23(16)26(32)34-15-21(30)29(18-9-10-18)14-17-7-11-19(33-2)12-8-17/h7-8,11-12,18H,3-6,9-10,13-15H2,1-2H3. The highest BCUT2D eigenvalue weighted by atomic mass is 32.1. The summed E-state index contributed by atoms with van der Waals surface area (Å²) in [6, 6.07) is 7.77. The highest BCUT2D eigenvalue weighted by Crippen LogP contribution is 2.30. The molecule has 9 heteroatoms. The molecule has 1 amide bonds. The van der Waals surface area contributed by atoms with Gasteiger partial charge in [0.2, 0.25) is 0 Å². The third kappa shape index (κ3) is 4.82. The molecular weight excluding hydrogens is 466 g/mol. The van der Waals surface area contributed by atoms with Crippen molar-refractivity contribution in [3.63, 3.8) is 0 Å². The van der Waals surface area contributed by atoms with Crippen LogP contribution in [0, 0.1) is 6.92 Å². The molecule has 5 rings (SSSR count). The van der Waals surface area contributed by atoms with Crippen molar-refractivity contribution in [3.8, 4) is 5.75 Å². The van der Waals surface area contributed by atoms with Crippen LogP contribution in [-0.2, 0) is 29.0 Å². The predicted octanol–water partition coefficient (Wildman–Crippen LogP) is 3.85. The normalized spacial score (nSPS) is 15.4. The van der Waals surface area contributed by atoms with Gasteiger partial charge in [0.25, 0.3) is 11.5 Å². The molecule has 2 aliphatic rings. The number of esters is 1. The summed E-state index contributed by atoms with van der Waals surface area (Å²) in [6.07, 6.45) is 5.71. The van der Waals surface area contributed by atoms with Crippen molar-refractivity contribution in [3.05, 3.63) is 56.4 Å². The van der Waals surface area contributed by atoms with Gasteiger partial charge in [-0.25, -0.2) is 9.78 Å². The van der Waals surface area contributed by atoms with Crippen molar-refractivity contribution in [2.24, 2.45) is 0 Å². The van der Waals surface area contributed by atoms with Crippen molar-refractivity contribution in [2.75, 3.05) is 13.7 Å². The second-order valence-electron chi connectivity index (χ2n) is 9.21. The van der Waals surface area contributed by atoms with Gasteiger partial charge in [0.15, 0.2) is 6.61 Å². The topological polar surface area (TPSA) is 90.7 Å². The minimum Gasteiger partial charge on any atom is -0.497 e. The number of hydrogen-bond donors (Lipinski definition) is 0. The molecular formula is C26H29N3O5S. The number of fused-ring (bicyclic) bond motifs is 2. The van der Waals surface area contributed by atoms with Crippen LogP contribution in [0.4, 0.5) is 0 Å². The van der Waals surface area contributed by atoms with E-state index in [1.54, 1.807) is 23.5 Å². The van der Waals surface area contributed by atoms with E-state index in [0.29, 0.717) is 33.7 Å². The molecule has 1 aliphatic carbocycles. The number of ether oxygens (including phenoxy) is 2. The molecule has 1 saturated carbocycles. The zero-order chi connectivity index (χ0) is 24.5. The molecule has 0 N–H and O–H groups in total. The SMILES string of the molecule is COc1ccc(CN(C(=O)COC(=O)c2sc3nc4n(c(=O)c3c2C)CCCCC4)C2CC2)cc1.